The lowest BCUT2D eigenvalue weighted by atomic mass is 9.90. The van der Waals surface area contributed by atoms with E-state index >= 15 is 0 Å². The van der Waals surface area contributed by atoms with E-state index < -0.39 is 17.2 Å². The minimum atomic E-state index is -1.20. The van der Waals surface area contributed by atoms with Gasteiger partial charge in [-0.15, -0.1) is 0 Å². The maximum atomic E-state index is 13.6. The summed E-state index contributed by atoms with van der Waals surface area (Å²) in [6, 6.07) is 2.24. The van der Waals surface area contributed by atoms with Crippen LogP contribution in [0.5, 0.6) is 0 Å². The number of benzene rings is 1. The molecule has 3 rings (SSSR count). The number of halogens is 2. The van der Waals surface area contributed by atoms with Crippen molar-refractivity contribution < 1.29 is 13.6 Å². The average molecular weight is 249 g/mol. The highest BCUT2D eigenvalue weighted by molar-refractivity contribution is 6.09. The van der Waals surface area contributed by atoms with Crippen LogP contribution in [0.4, 0.5) is 8.78 Å². The number of nitrogens with one attached hydrogen (secondary N) is 1. The topological polar surface area (TPSA) is 49.9 Å². The molecule has 2 aromatic rings. The Balaban J connectivity index is 2.53. The molecule has 1 N–H and O–H groups in total. The van der Waals surface area contributed by atoms with Crippen LogP contribution >= 0.6 is 0 Å². The molecule has 0 spiro atoms. The van der Waals surface area contributed by atoms with Gasteiger partial charge in [-0.25, -0.2) is 8.78 Å². The van der Waals surface area contributed by atoms with Crippen LogP contribution in [-0.4, -0.2) is 10.8 Å². The maximum absolute atomic E-state index is 13.6. The third-order valence-corrected chi connectivity index (χ3v) is 3.27. The van der Waals surface area contributed by atoms with Gasteiger partial charge in [0.25, 0.3) is 5.56 Å². The van der Waals surface area contributed by atoms with E-state index in [4.69, 9.17) is 0 Å². The average Bonchev–Trinajstić information content (AvgIpc) is 2.33. The third-order valence-electron chi connectivity index (χ3n) is 3.27. The fraction of sp³-hybridized carbons (Fsp3) is 0.231. The van der Waals surface area contributed by atoms with Crippen molar-refractivity contribution in [1.29, 1.82) is 0 Å². The van der Waals surface area contributed by atoms with E-state index in [1.54, 1.807) is 0 Å². The summed E-state index contributed by atoms with van der Waals surface area (Å²) in [5.74, 6) is -2.42. The van der Waals surface area contributed by atoms with Gasteiger partial charge in [0.1, 0.15) is 0 Å². The van der Waals surface area contributed by atoms with Gasteiger partial charge in [-0.2, -0.15) is 0 Å². The van der Waals surface area contributed by atoms with Crippen molar-refractivity contribution in [2.45, 2.75) is 19.3 Å². The number of aromatic amines is 1. The van der Waals surface area contributed by atoms with E-state index in [9.17, 15) is 18.4 Å². The number of carbonyl (C=O) groups is 1. The summed E-state index contributed by atoms with van der Waals surface area (Å²) in [6.07, 6.45) is 1.61. The molecule has 92 valence electrons. The molecule has 0 aliphatic heterocycles. The highest BCUT2D eigenvalue weighted by Crippen LogP contribution is 2.27. The number of hydrogen-bond acceptors (Lipinski definition) is 2. The highest BCUT2D eigenvalue weighted by atomic mass is 19.2. The molecule has 0 saturated heterocycles. The van der Waals surface area contributed by atoms with Gasteiger partial charge in [0.05, 0.1) is 5.39 Å². The van der Waals surface area contributed by atoms with Crippen LogP contribution in [0.15, 0.2) is 16.9 Å². The Labute approximate surface area is 100 Å². The van der Waals surface area contributed by atoms with E-state index in [1.165, 1.54) is 6.07 Å². The monoisotopic (exact) mass is 249 g/mol. The first kappa shape index (κ1) is 11.1. The molecule has 1 aliphatic rings. The summed E-state index contributed by atoms with van der Waals surface area (Å²) < 4.78 is 26.8. The van der Waals surface area contributed by atoms with Gasteiger partial charge in [0, 0.05) is 23.1 Å². The normalized spacial score (nSPS) is 14.9. The summed E-state index contributed by atoms with van der Waals surface area (Å²) in [4.78, 5) is 26.1. The molecule has 0 radical (unpaired) electrons. The van der Waals surface area contributed by atoms with Crippen molar-refractivity contribution in [1.82, 2.24) is 4.98 Å². The van der Waals surface area contributed by atoms with Crippen molar-refractivity contribution in [3.8, 4) is 0 Å². The third kappa shape index (κ3) is 1.40. The highest BCUT2D eigenvalue weighted by Gasteiger charge is 2.24. The minimum Gasteiger partial charge on any atom is -0.325 e. The molecule has 0 atom stereocenters. The van der Waals surface area contributed by atoms with Crippen molar-refractivity contribution in [2.75, 3.05) is 0 Å². The number of hydrogen-bond donors (Lipinski definition) is 1. The van der Waals surface area contributed by atoms with Gasteiger partial charge >= 0.3 is 0 Å². The fourth-order valence-corrected chi connectivity index (χ4v) is 2.46. The quantitative estimate of drug-likeness (QED) is 0.779. The smallest absolute Gasteiger partial charge is 0.259 e. The van der Waals surface area contributed by atoms with Crippen molar-refractivity contribution in [3.05, 3.63) is 45.4 Å². The molecule has 0 fully saturated rings. The van der Waals surface area contributed by atoms with Crippen LogP contribution in [-0.2, 0) is 6.42 Å². The number of pyridine rings is 1. The number of H-pyrrole nitrogens is 1. The van der Waals surface area contributed by atoms with E-state index in [2.05, 4.69) is 4.98 Å². The Morgan fingerprint density at radius 3 is 2.67 bits per heavy atom. The van der Waals surface area contributed by atoms with Gasteiger partial charge < -0.3 is 4.98 Å². The first-order valence-corrected chi connectivity index (χ1v) is 5.65. The first-order valence-electron chi connectivity index (χ1n) is 5.65. The second-order valence-corrected chi connectivity index (χ2v) is 4.37. The Morgan fingerprint density at radius 2 is 1.89 bits per heavy atom. The lowest BCUT2D eigenvalue weighted by Crippen LogP contribution is -2.20. The largest absolute Gasteiger partial charge is 0.325 e. The Morgan fingerprint density at radius 1 is 1.11 bits per heavy atom. The second-order valence-electron chi connectivity index (χ2n) is 4.37. The number of carbonyl (C=O) groups excluding carboxylic acids is 1. The summed E-state index contributed by atoms with van der Waals surface area (Å²) in [7, 11) is 0. The fourth-order valence-electron chi connectivity index (χ4n) is 2.46. The van der Waals surface area contributed by atoms with Crippen LogP contribution in [0.3, 0.4) is 0 Å². The van der Waals surface area contributed by atoms with Gasteiger partial charge in [0.2, 0.25) is 0 Å². The van der Waals surface area contributed by atoms with Crippen molar-refractivity contribution >= 4 is 16.6 Å². The van der Waals surface area contributed by atoms with Crippen molar-refractivity contribution in [3.63, 3.8) is 0 Å². The van der Waals surface area contributed by atoms with E-state index in [1.807, 2.05) is 0 Å². The molecule has 18 heavy (non-hydrogen) atoms. The molecule has 3 nitrogen and oxygen atoms in total. The van der Waals surface area contributed by atoms with E-state index in [-0.39, 0.29) is 16.6 Å². The van der Waals surface area contributed by atoms with E-state index in [0.717, 1.165) is 6.07 Å². The van der Waals surface area contributed by atoms with E-state index in [0.29, 0.717) is 30.5 Å². The van der Waals surface area contributed by atoms with Gasteiger partial charge in [-0.05, 0) is 18.9 Å². The second kappa shape index (κ2) is 3.73. The molecule has 0 amide bonds. The van der Waals surface area contributed by atoms with Gasteiger partial charge in [0.15, 0.2) is 17.4 Å². The zero-order chi connectivity index (χ0) is 12.9. The summed E-state index contributed by atoms with van der Waals surface area (Å²) in [5.41, 5.74) is 0.167. The number of aromatic nitrogens is 1. The Kier molecular flexibility index (Phi) is 2.29. The predicted molar refractivity (Wildman–Crippen MR) is 61.8 cm³/mol. The zero-order valence-corrected chi connectivity index (χ0v) is 9.35. The predicted octanol–water partition coefficient (Wildman–Crippen LogP) is 2.33. The first-order chi connectivity index (χ1) is 8.59. The Hall–Kier alpha value is -2.04. The standard InChI is InChI=1S/C13H9F2NO2/c14-7-5-4-6-10-8(2-1-3-9(10)17)16-13(18)11(6)12(7)15/h4-5H,1-3H2,(H,16,18). The number of aryl methyl sites for hydroxylation is 1. The number of Topliss-reactive ketones (excluding diaryl/α,β-unsaturated/α-hetero) is 1. The molecule has 0 unspecified atom stereocenters. The van der Waals surface area contributed by atoms with Crippen LogP contribution in [0.2, 0.25) is 0 Å². The van der Waals surface area contributed by atoms with Gasteiger partial charge in [-0.3, -0.25) is 9.59 Å². The lowest BCUT2D eigenvalue weighted by molar-refractivity contribution is 0.0973. The molecule has 0 bridgehead atoms. The molecule has 0 saturated carbocycles. The molecule has 1 aliphatic carbocycles. The summed E-state index contributed by atoms with van der Waals surface area (Å²) >= 11 is 0. The van der Waals surface area contributed by atoms with Gasteiger partial charge in [-0.1, -0.05) is 6.07 Å². The minimum absolute atomic E-state index is 0.136. The summed E-state index contributed by atoms with van der Waals surface area (Å²) in [6.45, 7) is 0. The van der Waals surface area contributed by atoms with Crippen molar-refractivity contribution in [2.24, 2.45) is 0 Å². The number of ketones is 1. The zero-order valence-electron chi connectivity index (χ0n) is 9.35. The maximum Gasteiger partial charge on any atom is 0.259 e. The van der Waals surface area contributed by atoms with Crippen LogP contribution in [0.1, 0.15) is 28.9 Å². The van der Waals surface area contributed by atoms with Crippen LogP contribution in [0.25, 0.3) is 10.8 Å². The molecule has 1 aromatic carbocycles. The molecule has 5 heteroatoms. The van der Waals surface area contributed by atoms with Crippen LogP contribution < -0.4 is 5.56 Å². The summed E-state index contributed by atoms with van der Waals surface area (Å²) in [5, 5.41) is -0.165. The lowest BCUT2D eigenvalue weighted by Gasteiger charge is -2.16. The molecule has 1 aromatic heterocycles. The molecular weight excluding hydrogens is 240 g/mol. The number of rotatable bonds is 0. The molecule has 1 heterocycles. The van der Waals surface area contributed by atoms with Crippen LogP contribution in [0, 0.1) is 11.6 Å². The SMILES string of the molecule is O=C1CCCc2[nH]c(=O)c3c(F)c(F)ccc3c21. The number of fused-ring (bicyclic) bond motifs is 3. The molecular formula is C13H9F2NO2. The Bertz CT molecular complexity index is 734.